The molecule has 1 saturated carbocycles. The summed E-state index contributed by atoms with van der Waals surface area (Å²) in [7, 11) is 0. The van der Waals surface area contributed by atoms with E-state index in [4.69, 9.17) is 5.73 Å². The van der Waals surface area contributed by atoms with Gasteiger partial charge in [-0.1, -0.05) is 25.0 Å². The molecule has 1 heterocycles. The molecule has 1 aromatic carbocycles. The van der Waals surface area contributed by atoms with E-state index in [2.05, 4.69) is 10.3 Å². The smallest absolute Gasteiger partial charge is 0.255 e. The van der Waals surface area contributed by atoms with Crippen LogP contribution in [0, 0.1) is 0 Å². The third kappa shape index (κ3) is 4.92. The van der Waals surface area contributed by atoms with Crippen LogP contribution >= 0.6 is 0 Å². The summed E-state index contributed by atoms with van der Waals surface area (Å²) in [6.45, 7) is 2.14. The lowest BCUT2D eigenvalue weighted by atomic mass is 9.89. The maximum atomic E-state index is 12.2. The number of benzene rings is 1. The second-order valence-corrected chi connectivity index (χ2v) is 7.05. The van der Waals surface area contributed by atoms with Gasteiger partial charge in [0, 0.05) is 49.2 Å². The predicted octanol–water partition coefficient (Wildman–Crippen LogP) is 2.95. The Hall–Kier alpha value is -2.73. The summed E-state index contributed by atoms with van der Waals surface area (Å²) in [5.41, 5.74) is 8.55. The molecule has 1 aromatic heterocycles. The molecule has 2 aromatic rings. The van der Waals surface area contributed by atoms with Gasteiger partial charge in [-0.15, -0.1) is 0 Å². The first kappa shape index (κ1) is 19.0. The van der Waals surface area contributed by atoms with E-state index in [9.17, 15) is 9.59 Å². The summed E-state index contributed by atoms with van der Waals surface area (Å²) in [6, 6.07) is 11.1. The summed E-state index contributed by atoms with van der Waals surface area (Å²) < 4.78 is 0. The van der Waals surface area contributed by atoms with E-state index in [0.29, 0.717) is 17.8 Å². The van der Waals surface area contributed by atoms with Crippen LogP contribution in [-0.4, -0.2) is 33.8 Å². The minimum absolute atomic E-state index is 0.0431. The Balaban J connectivity index is 1.65. The summed E-state index contributed by atoms with van der Waals surface area (Å²) in [5, 5.41) is 2.86. The molecule has 0 aliphatic heterocycles. The summed E-state index contributed by atoms with van der Waals surface area (Å²) >= 11 is 0. The molecule has 142 valence electrons. The van der Waals surface area contributed by atoms with Crippen LogP contribution in [-0.2, 0) is 11.3 Å². The summed E-state index contributed by atoms with van der Waals surface area (Å²) in [5.74, 6) is -0.129. The van der Waals surface area contributed by atoms with Crippen molar-refractivity contribution in [1.29, 1.82) is 0 Å². The lowest BCUT2D eigenvalue weighted by Crippen LogP contribution is -2.50. The Kier molecular flexibility index (Phi) is 6.19. The van der Waals surface area contributed by atoms with Crippen LogP contribution in [0.4, 0.5) is 5.69 Å². The van der Waals surface area contributed by atoms with Crippen molar-refractivity contribution in [2.45, 2.75) is 51.2 Å². The molecular formula is C21H26N4O2. The Morgan fingerprint density at radius 3 is 2.41 bits per heavy atom. The quantitative estimate of drug-likeness (QED) is 0.851. The number of hydrogen-bond donors (Lipinski definition) is 2. The Morgan fingerprint density at radius 1 is 1.11 bits per heavy atom. The molecule has 27 heavy (non-hydrogen) atoms. The highest BCUT2D eigenvalue weighted by molar-refractivity contribution is 6.04. The van der Waals surface area contributed by atoms with E-state index in [-0.39, 0.29) is 23.9 Å². The van der Waals surface area contributed by atoms with Crippen LogP contribution in [0.3, 0.4) is 0 Å². The molecule has 3 rings (SSSR count). The Labute approximate surface area is 159 Å². The van der Waals surface area contributed by atoms with Gasteiger partial charge in [0.05, 0.1) is 0 Å². The highest BCUT2D eigenvalue weighted by atomic mass is 16.2. The number of hydrogen-bond acceptors (Lipinski definition) is 4. The van der Waals surface area contributed by atoms with Crippen LogP contribution in [0.5, 0.6) is 0 Å². The third-order valence-corrected chi connectivity index (χ3v) is 5.09. The van der Waals surface area contributed by atoms with Gasteiger partial charge in [0.1, 0.15) is 0 Å². The van der Waals surface area contributed by atoms with E-state index in [1.807, 2.05) is 29.2 Å². The van der Waals surface area contributed by atoms with Crippen molar-refractivity contribution < 1.29 is 9.59 Å². The van der Waals surface area contributed by atoms with Crippen molar-refractivity contribution in [3.8, 4) is 0 Å². The monoisotopic (exact) mass is 366 g/mol. The number of amides is 2. The largest absolute Gasteiger partial charge is 0.334 e. The Morgan fingerprint density at radius 2 is 1.78 bits per heavy atom. The van der Waals surface area contributed by atoms with Crippen LogP contribution in [0.2, 0.25) is 0 Å². The predicted molar refractivity (Wildman–Crippen MR) is 105 cm³/mol. The minimum Gasteiger partial charge on any atom is -0.334 e. The van der Waals surface area contributed by atoms with Gasteiger partial charge in [-0.05, 0) is 42.7 Å². The van der Waals surface area contributed by atoms with Gasteiger partial charge in [0.15, 0.2) is 0 Å². The first-order valence-electron chi connectivity index (χ1n) is 9.37. The molecule has 2 unspecified atom stereocenters. The van der Waals surface area contributed by atoms with Crippen LogP contribution < -0.4 is 11.1 Å². The topological polar surface area (TPSA) is 88.3 Å². The van der Waals surface area contributed by atoms with Gasteiger partial charge in [-0.3, -0.25) is 14.6 Å². The number of nitrogens with zero attached hydrogens (tertiary/aromatic N) is 2. The minimum atomic E-state index is -0.177. The number of carbonyl (C=O) groups excluding carboxylic acids is 2. The standard InChI is InChI=1S/C21H26N4O2/c1-15(26)25(20-5-3-2-4-19(20)22)14-16-6-8-18(9-7-16)24-21(27)17-10-12-23-13-11-17/h6-13,19-20H,2-5,14,22H2,1H3,(H,24,27). The van der Waals surface area contributed by atoms with Gasteiger partial charge < -0.3 is 16.0 Å². The zero-order valence-corrected chi connectivity index (χ0v) is 15.6. The fourth-order valence-electron chi connectivity index (χ4n) is 3.59. The first-order chi connectivity index (χ1) is 13.0. The number of nitrogens with two attached hydrogens (primary N) is 1. The fourth-order valence-corrected chi connectivity index (χ4v) is 3.59. The highest BCUT2D eigenvalue weighted by Gasteiger charge is 2.29. The lowest BCUT2D eigenvalue weighted by Gasteiger charge is -2.38. The van der Waals surface area contributed by atoms with Crippen LogP contribution in [0.1, 0.15) is 48.5 Å². The molecule has 0 spiro atoms. The summed E-state index contributed by atoms with van der Waals surface area (Å²) in [4.78, 5) is 30.2. The SMILES string of the molecule is CC(=O)N(Cc1ccc(NC(=O)c2ccncc2)cc1)C1CCCCC1N. The molecular weight excluding hydrogens is 340 g/mol. The van der Waals surface area contributed by atoms with Gasteiger partial charge in [-0.25, -0.2) is 0 Å². The molecule has 1 aliphatic rings. The van der Waals surface area contributed by atoms with Crippen LogP contribution in [0.15, 0.2) is 48.8 Å². The molecule has 0 saturated heterocycles. The molecule has 6 heteroatoms. The van der Waals surface area contributed by atoms with Gasteiger partial charge in [0.25, 0.3) is 5.91 Å². The Bertz CT molecular complexity index is 777. The molecule has 3 N–H and O–H groups in total. The molecule has 2 amide bonds. The van der Waals surface area contributed by atoms with E-state index in [1.54, 1.807) is 31.5 Å². The molecule has 1 aliphatic carbocycles. The highest BCUT2D eigenvalue weighted by Crippen LogP contribution is 2.24. The van der Waals surface area contributed by atoms with Crippen molar-refractivity contribution in [2.75, 3.05) is 5.32 Å². The average molecular weight is 366 g/mol. The van der Waals surface area contributed by atoms with Crippen molar-refractivity contribution in [1.82, 2.24) is 9.88 Å². The molecule has 1 fully saturated rings. The third-order valence-electron chi connectivity index (χ3n) is 5.09. The number of rotatable bonds is 5. The van der Waals surface area contributed by atoms with Crippen molar-refractivity contribution >= 4 is 17.5 Å². The van der Waals surface area contributed by atoms with E-state index in [1.165, 1.54) is 0 Å². The number of pyridine rings is 1. The summed E-state index contributed by atoms with van der Waals surface area (Å²) in [6.07, 6.45) is 7.35. The second-order valence-electron chi connectivity index (χ2n) is 7.05. The molecule has 2 atom stereocenters. The molecule has 0 radical (unpaired) electrons. The normalized spacial score (nSPS) is 19.3. The van der Waals surface area contributed by atoms with E-state index >= 15 is 0 Å². The molecule has 0 bridgehead atoms. The van der Waals surface area contributed by atoms with Crippen LogP contribution in [0.25, 0.3) is 0 Å². The molecule has 6 nitrogen and oxygen atoms in total. The lowest BCUT2D eigenvalue weighted by molar-refractivity contribution is -0.133. The second kappa shape index (κ2) is 8.77. The first-order valence-corrected chi connectivity index (χ1v) is 9.37. The van der Waals surface area contributed by atoms with Crippen molar-refractivity contribution in [3.05, 3.63) is 59.9 Å². The fraction of sp³-hybridized carbons (Fsp3) is 0.381. The number of anilines is 1. The number of carbonyl (C=O) groups is 2. The zero-order valence-electron chi connectivity index (χ0n) is 15.6. The van der Waals surface area contributed by atoms with Gasteiger partial charge in [-0.2, -0.15) is 0 Å². The average Bonchev–Trinajstić information content (AvgIpc) is 2.68. The maximum absolute atomic E-state index is 12.2. The zero-order chi connectivity index (χ0) is 19.2. The maximum Gasteiger partial charge on any atom is 0.255 e. The van der Waals surface area contributed by atoms with Crippen molar-refractivity contribution in [2.24, 2.45) is 5.73 Å². The van der Waals surface area contributed by atoms with Gasteiger partial charge in [0.2, 0.25) is 5.91 Å². The number of nitrogens with one attached hydrogen (secondary N) is 1. The van der Waals surface area contributed by atoms with E-state index in [0.717, 1.165) is 31.2 Å². The van der Waals surface area contributed by atoms with Crippen molar-refractivity contribution in [3.63, 3.8) is 0 Å². The van der Waals surface area contributed by atoms with E-state index < -0.39 is 0 Å². The number of aromatic nitrogens is 1. The van der Waals surface area contributed by atoms with Gasteiger partial charge >= 0.3 is 0 Å².